The SMILES string of the molecule is Cc1ccnc(/C=N\NC(N)=S)c1. The van der Waals surface area contributed by atoms with E-state index >= 15 is 0 Å². The fourth-order valence-electron chi connectivity index (χ4n) is 0.792. The third-order valence-electron chi connectivity index (χ3n) is 1.31. The number of pyridine rings is 1. The summed E-state index contributed by atoms with van der Waals surface area (Å²) >= 11 is 4.57. The first kappa shape index (κ1) is 9.60. The van der Waals surface area contributed by atoms with Gasteiger partial charge in [0.25, 0.3) is 0 Å². The summed E-state index contributed by atoms with van der Waals surface area (Å²) in [5, 5.41) is 3.92. The molecule has 0 bridgehead atoms. The van der Waals surface area contributed by atoms with Crippen molar-refractivity contribution in [1.82, 2.24) is 10.4 Å². The van der Waals surface area contributed by atoms with E-state index in [0.717, 1.165) is 11.3 Å². The Morgan fingerprint density at radius 1 is 1.77 bits per heavy atom. The van der Waals surface area contributed by atoms with Crippen molar-refractivity contribution in [2.75, 3.05) is 0 Å². The zero-order valence-electron chi connectivity index (χ0n) is 7.19. The van der Waals surface area contributed by atoms with Crippen molar-refractivity contribution < 1.29 is 0 Å². The lowest BCUT2D eigenvalue weighted by Gasteiger charge is -1.95. The first-order chi connectivity index (χ1) is 6.18. The van der Waals surface area contributed by atoms with Gasteiger partial charge in [0.1, 0.15) is 0 Å². The zero-order chi connectivity index (χ0) is 9.68. The molecule has 0 saturated carbocycles. The van der Waals surface area contributed by atoms with E-state index in [4.69, 9.17) is 5.73 Å². The molecule has 0 atom stereocenters. The van der Waals surface area contributed by atoms with Crippen molar-refractivity contribution in [2.45, 2.75) is 6.92 Å². The van der Waals surface area contributed by atoms with Gasteiger partial charge in [-0.25, -0.2) is 0 Å². The maximum Gasteiger partial charge on any atom is 0.184 e. The van der Waals surface area contributed by atoms with Gasteiger partial charge < -0.3 is 5.73 Å². The molecule has 0 amide bonds. The fourth-order valence-corrected chi connectivity index (χ4v) is 0.845. The van der Waals surface area contributed by atoms with Crippen LogP contribution >= 0.6 is 12.2 Å². The van der Waals surface area contributed by atoms with Gasteiger partial charge in [-0.2, -0.15) is 5.10 Å². The normalized spacial score (nSPS) is 10.2. The summed E-state index contributed by atoms with van der Waals surface area (Å²) in [5.41, 5.74) is 9.52. The van der Waals surface area contributed by atoms with E-state index < -0.39 is 0 Å². The second-order valence-electron chi connectivity index (χ2n) is 2.49. The maximum absolute atomic E-state index is 5.17. The summed E-state index contributed by atoms with van der Waals surface area (Å²) in [6.45, 7) is 1.99. The first-order valence-corrected chi connectivity index (χ1v) is 4.10. The number of nitrogens with two attached hydrogens (primary N) is 1. The van der Waals surface area contributed by atoms with Crippen LogP contribution in [0, 0.1) is 6.92 Å². The summed E-state index contributed by atoms with van der Waals surface area (Å²) in [5.74, 6) is 0. The fraction of sp³-hybridized carbons (Fsp3) is 0.125. The van der Waals surface area contributed by atoms with Crippen LogP contribution in [0.2, 0.25) is 0 Å². The predicted octanol–water partition coefficient (Wildman–Crippen LogP) is 0.557. The Morgan fingerprint density at radius 2 is 2.54 bits per heavy atom. The number of aryl methyl sites for hydroxylation is 1. The minimum atomic E-state index is 0.143. The van der Waals surface area contributed by atoms with Gasteiger partial charge in [0, 0.05) is 6.20 Å². The molecule has 0 fully saturated rings. The van der Waals surface area contributed by atoms with Gasteiger partial charge in [-0.05, 0) is 36.8 Å². The molecule has 1 rings (SSSR count). The van der Waals surface area contributed by atoms with E-state index in [2.05, 4.69) is 27.7 Å². The average molecular weight is 194 g/mol. The molecule has 3 N–H and O–H groups in total. The Kier molecular flexibility index (Phi) is 3.33. The second-order valence-corrected chi connectivity index (χ2v) is 2.93. The average Bonchev–Trinajstić information content (AvgIpc) is 2.03. The number of hydrogen-bond donors (Lipinski definition) is 2. The van der Waals surface area contributed by atoms with E-state index in [9.17, 15) is 0 Å². The summed E-state index contributed by atoms with van der Waals surface area (Å²) in [4.78, 5) is 4.06. The third-order valence-corrected chi connectivity index (χ3v) is 1.40. The van der Waals surface area contributed by atoms with Gasteiger partial charge in [-0.3, -0.25) is 10.4 Å². The number of hydrogen-bond acceptors (Lipinski definition) is 3. The highest BCUT2D eigenvalue weighted by atomic mass is 32.1. The molecule has 0 radical (unpaired) electrons. The molecular weight excluding hydrogens is 184 g/mol. The van der Waals surface area contributed by atoms with Crippen LogP contribution in [0.15, 0.2) is 23.4 Å². The zero-order valence-corrected chi connectivity index (χ0v) is 8.01. The highest BCUT2D eigenvalue weighted by Crippen LogP contribution is 1.96. The highest BCUT2D eigenvalue weighted by Gasteiger charge is 1.88. The van der Waals surface area contributed by atoms with Crippen LogP contribution in [0.25, 0.3) is 0 Å². The molecule has 0 spiro atoms. The van der Waals surface area contributed by atoms with Crippen molar-refractivity contribution in [3.8, 4) is 0 Å². The Labute approximate surface area is 81.9 Å². The number of aromatic nitrogens is 1. The second kappa shape index (κ2) is 4.51. The minimum Gasteiger partial charge on any atom is -0.375 e. The van der Waals surface area contributed by atoms with E-state index in [1.165, 1.54) is 0 Å². The molecule has 1 aromatic heterocycles. The number of nitrogens with one attached hydrogen (secondary N) is 1. The lowest BCUT2D eigenvalue weighted by molar-refractivity contribution is 1.04. The molecule has 1 aromatic rings. The predicted molar refractivity (Wildman–Crippen MR) is 56.5 cm³/mol. The standard InChI is InChI=1S/C8H10N4S/c1-6-2-3-10-7(4-6)5-11-12-8(9)13/h2-5H,1H3,(H3,9,12,13)/b11-5-. The molecule has 1 heterocycles. The van der Waals surface area contributed by atoms with Gasteiger partial charge in [0.2, 0.25) is 0 Å². The van der Waals surface area contributed by atoms with Crippen molar-refractivity contribution in [3.63, 3.8) is 0 Å². The Morgan fingerprint density at radius 3 is 3.15 bits per heavy atom. The molecule has 0 aliphatic rings. The van der Waals surface area contributed by atoms with Crippen LogP contribution in [0.1, 0.15) is 11.3 Å². The van der Waals surface area contributed by atoms with Crippen LogP contribution in [-0.2, 0) is 0 Å². The monoisotopic (exact) mass is 194 g/mol. The van der Waals surface area contributed by atoms with Gasteiger partial charge in [0.15, 0.2) is 5.11 Å². The van der Waals surface area contributed by atoms with E-state index in [1.54, 1.807) is 12.4 Å². The lowest BCUT2D eigenvalue weighted by Crippen LogP contribution is -2.24. The van der Waals surface area contributed by atoms with Crippen LogP contribution in [0.3, 0.4) is 0 Å². The summed E-state index contributed by atoms with van der Waals surface area (Å²) in [7, 11) is 0. The van der Waals surface area contributed by atoms with Crippen LogP contribution < -0.4 is 11.2 Å². The number of rotatable bonds is 2. The molecule has 4 nitrogen and oxygen atoms in total. The van der Waals surface area contributed by atoms with Crippen molar-refractivity contribution in [3.05, 3.63) is 29.6 Å². The Bertz CT molecular complexity index is 335. The Hall–Kier alpha value is -1.49. The summed E-state index contributed by atoms with van der Waals surface area (Å²) in [6.07, 6.45) is 3.28. The molecule has 0 unspecified atom stereocenters. The van der Waals surface area contributed by atoms with Crippen LogP contribution in [0.5, 0.6) is 0 Å². The van der Waals surface area contributed by atoms with E-state index in [-0.39, 0.29) is 5.11 Å². The van der Waals surface area contributed by atoms with Crippen molar-refractivity contribution in [1.29, 1.82) is 0 Å². The quantitative estimate of drug-likeness (QED) is 0.410. The molecule has 0 aromatic carbocycles. The molecule has 0 aliphatic carbocycles. The molecule has 68 valence electrons. The largest absolute Gasteiger partial charge is 0.375 e. The molecule has 5 heteroatoms. The van der Waals surface area contributed by atoms with Gasteiger partial charge in [0.05, 0.1) is 11.9 Å². The number of nitrogens with zero attached hydrogens (tertiary/aromatic N) is 2. The smallest absolute Gasteiger partial charge is 0.184 e. The van der Waals surface area contributed by atoms with Crippen molar-refractivity contribution >= 4 is 23.5 Å². The highest BCUT2D eigenvalue weighted by molar-refractivity contribution is 7.80. The third kappa shape index (κ3) is 3.62. The van der Waals surface area contributed by atoms with Gasteiger partial charge >= 0.3 is 0 Å². The van der Waals surface area contributed by atoms with Crippen LogP contribution in [0.4, 0.5) is 0 Å². The Balaban J connectivity index is 2.63. The molecule has 0 aliphatic heterocycles. The van der Waals surface area contributed by atoms with Crippen molar-refractivity contribution in [2.24, 2.45) is 10.8 Å². The lowest BCUT2D eigenvalue weighted by atomic mass is 10.2. The number of hydrazone groups is 1. The summed E-state index contributed by atoms with van der Waals surface area (Å²) in [6, 6.07) is 3.82. The topological polar surface area (TPSA) is 63.3 Å². The maximum atomic E-state index is 5.17. The minimum absolute atomic E-state index is 0.143. The number of thiocarbonyl (C=S) groups is 1. The van der Waals surface area contributed by atoms with E-state index in [1.807, 2.05) is 19.1 Å². The van der Waals surface area contributed by atoms with E-state index in [0.29, 0.717) is 0 Å². The van der Waals surface area contributed by atoms with Gasteiger partial charge in [-0.1, -0.05) is 0 Å². The molecular formula is C8H10N4S. The summed E-state index contributed by atoms with van der Waals surface area (Å²) < 4.78 is 0. The van der Waals surface area contributed by atoms with Crippen LogP contribution in [-0.4, -0.2) is 16.3 Å². The van der Waals surface area contributed by atoms with Gasteiger partial charge in [-0.15, -0.1) is 0 Å². The molecule has 0 saturated heterocycles. The molecule has 13 heavy (non-hydrogen) atoms. The first-order valence-electron chi connectivity index (χ1n) is 3.69.